The second-order valence-electron chi connectivity index (χ2n) is 4.30. The van der Waals surface area contributed by atoms with Crippen LogP contribution in [-0.4, -0.2) is 31.9 Å². The number of aliphatic hydroxyl groups is 1. The highest BCUT2D eigenvalue weighted by Crippen LogP contribution is 2.34. The molecule has 1 rings (SSSR count). The van der Waals surface area contributed by atoms with Crippen molar-refractivity contribution >= 4 is 10.0 Å². The molecule has 1 saturated carbocycles. The molecule has 15 heavy (non-hydrogen) atoms. The van der Waals surface area contributed by atoms with E-state index in [2.05, 4.69) is 4.72 Å². The fourth-order valence-electron chi connectivity index (χ4n) is 1.62. The summed E-state index contributed by atoms with van der Waals surface area (Å²) in [5.74, 6) is 0.764. The summed E-state index contributed by atoms with van der Waals surface area (Å²) >= 11 is 0. The largest absolute Gasteiger partial charge is 0.396 e. The van der Waals surface area contributed by atoms with Gasteiger partial charge in [0.1, 0.15) is 0 Å². The summed E-state index contributed by atoms with van der Waals surface area (Å²) in [6.45, 7) is 1.93. The maximum atomic E-state index is 11.5. The molecule has 0 aromatic rings. The number of aliphatic hydroxyl groups excluding tert-OH is 1. The van der Waals surface area contributed by atoms with Gasteiger partial charge >= 0.3 is 0 Å². The number of sulfonamides is 1. The van der Waals surface area contributed by atoms with Crippen molar-refractivity contribution in [3.8, 4) is 0 Å². The van der Waals surface area contributed by atoms with Crippen molar-refractivity contribution < 1.29 is 13.5 Å². The smallest absolute Gasteiger partial charge is 0.211 e. The van der Waals surface area contributed by atoms with Gasteiger partial charge < -0.3 is 5.11 Å². The van der Waals surface area contributed by atoms with E-state index in [1.54, 1.807) is 0 Å². The van der Waals surface area contributed by atoms with Crippen molar-refractivity contribution in [1.29, 1.82) is 0 Å². The predicted molar refractivity (Wildman–Crippen MR) is 60.0 cm³/mol. The van der Waals surface area contributed by atoms with E-state index < -0.39 is 10.0 Å². The van der Waals surface area contributed by atoms with E-state index in [0.29, 0.717) is 6.42 Å². The minimum absolute atomic E-state index is 0.0324. The van der Waals surface area contributed by atoms with Gasteiger partial charge in [-0.3, -0.25) is 0 Å². The van der Waals surface area contributed by atoms with Crippen LogP contribution in [0.25, 0.3) is 0 Å². The molecule has 0 aromatic heterocycles. The Morgan fingerprint density at radius 3 is 2.60 bits per heavy atom. The molecule has 5 heteroatoms. The Morgan fingerprint density at radius 1 is 1.47 bits per heavy atom. The van der Waals surface area contributed by atoms with Crippen molar-refractivity contribution in [1.82, 2.24) is 4.72 Å². The number of hydrogen-bond donors (Lipinski definition) is 2. The first-order chi connectivity index (χ1) is 7.07. The molecule has 0 amide bonds. The summed E-state index contributed by atoms with van der Waals surface area (Å²) in [7, 11) is -3.18. The van der Waals surface area contributed by atoms with E-state index in [0.717, 1.165) is 18.8 Å². The fourth-order valence-corrected chi connectivity index (χ4v) is 3.02. The highest BCUT2D eigenvalue weighted by Gasteiger charge is 2.26. The Bertz CT molecular complexity index is 272. The van der Waals surface area contributed by atoms with Crippen molar-refractivity contribution in [2.24, 2.45) is 5.92 Å². The average molecular weight is 235 g/mol. The summed E-state index contributed by atoms with van der Waals surface area (Å²) in [6.07, 6.45) is 4.61. The molecule has 0 saturated heterocycles. The van der Waals surface area contributed by atoms with Gasteiger partial charge in [-0.15, -0.1) is 0 Å². The minimum atomic E-state index is -3.18. The summed E-state index contributed by atoms with van der Waals surface area (Å²) in [4.78, 5) is 0. The molecule has 1 aliphatic carbocycles. The third-order valence-corrected chi connectivity index (χ3v) is 4.24. The van der Waals surface area contributed by atoms with E-state index in [4.69, 9.17) is 5.11 Å². The molecule has 4 nitrogen and oxygen atoms in total. The van der Waals surface area contributed by atoms with Gasteiger partial charge in [-0.2, -0.15) is 0 Å². The van der Waals surface area contributed by atoms with Crippen molar-refractivity contribution in [2.75, 3.05) is 12.4 Å². The summed E-state index contributed by atoms with van der Waals surface area (Å²) in [5, 5.41) is 8.58. The van der Waals surface area contributed by atoms with E-state index in [-0.39, 0.29) is 18.4 Å². The Morgan fingerprint density at radius 2 is 2.13 bits per heavy atom. The van der Waals surface area contributed by atoms with Crippen LogP contribution >= 0.6 is 0 Å². The van der Waals surface area contributed by atoms with Crippen LogP contribution in [0, 0.1) is 5.92 Å². The van der Waals surface area contributed by atoms with Crippen LogP contribution in [0.5, 0.6) is 0 Å². The number of nitrogens with one attached hydrogen (secondary N) is 1. The molecule has 0 bridgehead atoms. The van der Waals surface area contributed by atoms with Crippen LogP contribution in [-0.2, 0) is 10.0 Å². The van der Waals surface area contributed by atoms with Crippen molar-refractivity contribution in [2.45, 2.75) is 45.1 Å². The van der Waals surface area contributed by atoms with Gasteiger partial charge in [-0.1, -0.05) is 19.8 Å². The zero-order valence-electron chi connectivity index (χ0n) is 9.28. The lowest BCUT2D eigenvalue weighted by Gasteiger charge is -2.16. The molecule has 1 unspecified atom stereocenters. The van der Waals surface area contributed by atoms with Crippen LogP contribution in [0.1, 0.15) is 39.0 Å². The van der Waals surface area contributed by atoms with Crippen LogP contribution < -0.4 is 4.72 Å². The average Bonchev–Trinajstić information content (AvgIpc) is 2.97. The molecular weight excluding hydrogens is 214 g/mol. The van der Waals surface area contributed by atoms with Gasteiger partial charge in [-0.05, 0) is 25.2 Å². The van der Waals surface area contributed by atoms with E-state index in [9.17, 15) is 8.42 Å². The Hall–Kier alpha value is -0.130. The molecule has 1 atom stereocenters. The monoisotopic (exact) mass is 235 g/mol. The molecule has 0 spiro atoms. The fraction of sp³-hybridized carbons (Fsp3) is 1.00. The number of rotatable bonds is 8. The number of hydrogen-bond acceptors (Lipinski definition) is 3. The van der Waals surface area contributed by atoms with Gasteiger partial charge in [0, 0.05) is 12.6 Å². The van der Waals surface area contributed by atoms with Crippen LogP contribution in [0.3, 0.4) is 0 Å². The first-order valence-corrected chi connectivity index (χ1v) is 7.33. The van der Waals surface area contributed by atoms with Gasteiger partial charge in [0.25, 0.3) is 0 Å². The van der Waals surface area contributed by atoms with Gasteiger partial charge in [0.05, 0.1) is 5.75 Å². The normalized spacial score (nSPS) is 19.1. The summed E-state index contributed by atoms with van der Waals surface area (Å²) in [6, 6.07) is 0.0844. The molecule has 90 valence electrons. The lowest BCUT2D eigenvalue weighted by molar-refractivity contribution is 0.295. The molecule has 0 heterocycles. The van der Waals surface area contributed by atoms with Crippen molar-refractivity contribution in [3.63, 3.8) is 0 Å². The van der Waals surface area contributed by atoms with Crippen molar-refractivity contribution in [3.05, 3.63) is 0 Å². The Kier molecular flexibility index (Phi) is 5.02. The van der Waals surface area contributed by atoms with E-state index >= 15 is 0 Å². The lowest BCUT2D eigenvalue weighted by atomic mass is 10.1. The lowest BCUT2D eigenvalue weighted by Crippen LogP contribution is -2.36. The molecule has 1 fully saturated rings. The highest BCUT2D eigenvalue weighted by molar-refractivity contribution is 7.89. The standard InChI is InChI=1S/C10H21NO3S/c1-2-10(8-9-4-5-9)11-15(13,14)7-3-6-12/h9-12H,2-8H2,1H3. The third-order valence-electron chi connectivity index (χ3n) is 2.72. The maximum Gasteiger partial charge on any atom is 0.211 e. The zero-order chi connectivity index (χ0) is 11.3. The molecule has 1 aliphatic rings. The topological polar surface area (TPSA) is 66.4 Å². The Balaban J connectivity index is 2.34. The molecule has 2 N–H and O–H groups in total. The van der Waals surface area contributed by atoms with Gasteiger partial charge in [0.15, 0.2) is 0 Å². The van der Waals surface area contributed by atoms with E-state index in [1.165, 1.54) is 12.8 Å². The van der Waals surface area contributed by atoms with Crippen LogP contribution in [0.2, 0.25) is 0 Å². The molecule has 0 aromatic carbocycles. The second kappa shape index (κ2) is 5.82. The zero-order valence-corrected chi connectivity index (χ0v) is 10.1. The van der Waals surface area contributed by atoms with Gasteiger partial charge in [-0.25, -0.2) is 13.1 Å². The maximum absolute atomic E-state index is 11.5. The third kappa shape index (κ3) is 5.49. The summed E-state index contributed by atoms with van der Waals surface area (Å²) < 4.78 is 25.8. The van der Waals surface area contributed by atoms with Crippen LogP contribution in [0.4, 0.5) is 0 Å². The molecular formula is C10H21NO3S. The SMILES string of the molecule is CCC(CC1CC1)NS(=O)(=O)CCCO. The summed E-state index contributed by atoms with van der Waals surface area (Å²) in [5.41, 5.74) is 0. The minimum Gasteiger partial charge on any atom is -0.396 e. The Labute approximate surface area is 92.1 Å². The first-order valence-electron chi connectivity index (χ1n) is 5.68. The molecule has 0 radical (unpaired) electrons. The molecule has 0 aliphatic heterocycles. The quantitative estimate of drug-likeness (QED) is 0.656. The highest BCUT2D eigenvalue weighted by atomic mass is 32.2. The second-order valence-corrected chi connectivity index (χ2v) is 6.17. The van der Waals surface area contributed by atoms with Crippen LogP contribution in [0.15, 0.2) is 0 Å². The predicted octanol–water partition coefficient (Wildman–Crippen LogP) is 0.867. The van der Waals surface area contributed by atoms with E-state index in [1.807, 2.05) is 6.92 Å². The first kappa shape index (κ1) is 12.9. The van der Waals surface area contributed by atoms with Gasteiger partial charge in [0.2, 0.25) is 10.0 Å².